The summed E-state index contributed by atoms with van der Waals surface area (Å²) in [6.07, 6.45) is -0.348. The Labute approximate surface area is 184 Å². The van der Waals surface area contributed by atoms with Gasteiger partial charge in [-0.05, 0) is 49.7 Å². The number of carbonyl (C=O) groups is 1. The number of aromatic nitrogens is 3. The Morgan fingerprint density at radius 3 is 2.67 bits per heavy atom. The van der Waals surface area contributed by atoms with Crippen molar-refractivity contribution in [1.29, 1.82) is 0 Å². The molecule has 2 aromatic carbocycles. The van der Waals surface area contributed by atoms with Gasteiger partial charge in [-0.3, -0.25) is 4.79 Å². The van der Waals surface area contributed by atoms with Gasteiger partial charge in [-0.1, -0.05) is 35.5 Å². The number of halogens is 1. The Kier molecular flexibility index (Phi) is 7.23. The van der Waals surface area contributed by atoms with Crippen molar-refractivity contribution >= 4 is 35.0 Å². The first-order valence-corrected chi connectivity index (χ1v) is 10.6. The Morgan fingerprint density at radius 1 is 1.23 bits per heavy atom. The van der Waals surface area contributed by atoms with E-state index in [-0.39, 0.29) is 17.8 Å². The van der Waals surface area contributed by atoms with Crippen LogP contribution in [-0.4, -0.2) is 33.5 Å². The molecule has 0 aliphatic heterocycles. The van der Waals surface area contributed by atoms with Gasteiger partial charge in [0.1, 0.15) is 0 Å². The number of carbonyl (C=O) groups excluding carboxylic acids is 1. The molecule has 9 heteroatoms. The standard InChI is InChI=1S/C21H23ClN4O3S/c1-13-11-15(22)9-10-16(13)23-19(27)12-30-21-25-24-20(26(21)3)14(2)29-18-8-6-5-7-17(18)28-4/h5-11,14H,12H2,1-4H3,(H,23,27). The van der Waals surface area contributed by atoms with Crippen LogP contribution in [0.1, 0.15) is 24.4 Å². The first kappa shape index (κ1) is 22.0. The molecule has 1 N–H and O–H groups in total. The second-order valence-electron chi connectivity index (χ2n) is 6.61. The number of rotatable bonds is 8. The van der Waals surface area contributed by atoms with E-state index < -0.39 is 0 Å². The third kappa shape index (κ3) is 5.25. The molecule has 1 heterocycles. The van der Waals surface area contributed by atoms with Crippen LogP contribution < -0.4 is 14.8 Å². The second-order valence-corrected chi connectivity index (χ2v) is 7.99. The number of ether oxygens (including phenoxy) is 2. The monoisotopic (exact) mass is 446 g/mol. The highest BCUT2D eigenvalue weighted by Crippen LogP contribution is 2.30. The van der Waals surface area contributed by atoms with Crippen LogP contribution in [0.15, 0.2) is 47.6 Å². The predicted molar refractivity (Wildman–Crippen MR) is 119 cm³/mol. The zero-order chi connectivity index (χ0) is 21.7. The van der Waals surface area contributed by atoms with Crippen LogP contribution in [0.5, 0.6) is 11.5 Å². The summed E-state index contributed by atoms with van der Waals surface area (Å²) in [6.45, 7) is 3.79. The summed E-state index contributed by atoms with van der Waals surface area (Å²) in [6, 6.07) is 12.8. The fourth-order valence-electron chi connectivity index (χ4n) is 2.85. The fourth-order valence-corrected chi connectivity index (χ4v) is 3.79. The van der Waals surface area contributed by atoms with E-state index in [4.69, 9.17) is 21.1 Å². The summed E-state index contributed by atoms with van der Waals surface area (Å²) in [7, 11) is 3.45. The highest BCUT2D eigenvalue weighted by Gasteiger charge is 2.19. The summed E-state index contributed by atoms with van der Waals surface area (Å²) in [5, 5.41) is 12.6. The molecule has 7 nitrogen and oxygen atoms in total. The smallest absolute Gasteiger partial charge is 0.234 e. The van der Waals surface area contributed by atoms with Gasteiger partial charge in [0, 0.05) is 17.8 Å². The number of methoxy groups -OCH3 is 1. The summed E-state index contributed by atoms with van der Waals surface area (Å²) in [4.78, 5) is 12.3. The molecule has 0 saturated carbocycles. The fraction of sp³-hybridized carbons (Fsp3) is 0.286. The Bertz CT molecular complexity index is 1040. The van der Waals surface area contributed by atoms with E-state index in [0.717, 1.165) is 11.3 Å². The van der Waals surface area contributed by atoms with Gasteiger partial charge in [-0.2, -0.15) is 0 Å². The zero-order valence-electron chi connectivity index (χ0n) is 17.2. The minimum Gasteiger partial charge on any atom is -0.493 e. The van der Waals surface area contributed by atoms with Crippen LogP contribution in [0.4, 0.5) is 5.69 Å². The van der Waals surface area contributed by atoms with E-state index in [1.54, 1.807) is 19.2 Å². The largest absolute Gasteiger partial charge is 0.493 e. The van der Waals surface area contributed by atoms with Crippen molar-refractivity contribution in [2.75, 3.05) is 18.2 Å². The van der Waals surface area contributed by atoms with Gasteiger partial charge in [-0.25, -0.2) is 0 Å². The lowest BCUT2D eigenvalue weighted by atomic mass is 10.2. The molecular weight excluding hydrogens is 424 g/mol. The summed E-state index contributed by atoms with van der Waals surface area (Å²) < 4.78 is 13.1. The molecule has 0 fully saturated rings. The lowest BCUT2D eigenvalue weighted by Crippen LogP contribution is -2.15. The van der Waals surface area contributed by atoms with Gasteiger partial charge in [0.25, 0.3) is 0 Å². The van der Waals surface area contributed by atoms with Gasteiger partial charge in [-0.15, -0.1) is 10.2 Å². The normalized spacial score (nSPS) is 11.8. The minimum absolute atomic E-state index is 0.131. The van der Waals surface area contributed by atoms with Crippen molar-refractivity contribution in [1.82, 2.24) is 14.8 Å². The van der Waals surface area contributed by atoms with Crippen molar-refractivity contribution in [3.05, 3.63) is 58.9 Å². The molecule has 1 amide bonds. The number of benzene rings is 2. The van der Waals surface area contributed by atoms with E-state index in [2.05, 4.69) is 15.5 Å². The van der Waals surface area contributed by atoms with E-state index in [1.165, 1.54) is 11.8 Å². The number of para-hydroxylation sites is 2. The highest BCUT2D eigenvalue weighted by atomic mass is 35.5. The Morgan fingerprint density at radius 2 is 1.97 bits per heavy atom. The van der Waals surface area contributed by atoms with Crippen LogP contribution in [0, 0.1) is 6.92 Å². The van der Waals surface area contributed by atoms with Crippen molar-refractivity contribution in [3.8, 4) is 11.5 Å². The Balaban J connectivity index is 1.61. The van der Waals surface area contributed by atoms with Crippen LogP contribution in [-0.2, 0) is 11.8 Å². The first-order valence-electron chi connectivity index (χ1n) is 9.26. The maximum absolute atomic E-state index is 12.3. The Hall–Kier alpha value is -2.71. The van der Waals surface area contributed by atoms with Gasteiger partial charge < -0.3 is 19.4 Å². The molecule has 3 aromatic rings. The van der Waals surface area contributed by atoms with E-state index in [0.29, 0.717) is 27.5 Å². The van der Waals surface area contributed by atoms with E-state index in [1.807, 2.05) is 55.8 Å². The zero-order valence-corrected chi connectivity index (χ0v) is 18.8. The summed E-state index contributed by atoms with van der Waals surface area (Å²) >= 11 is 7.26. The number of thioether (sulfide) groups is 1. The maximum Gasteiger partial charge on any atom is 0.234 e. The summed E-state index contributed by atoms with van der Waals surface area (Å²) in [5.74, 6) is 2.00. The van der Waals surface area contributed by atoms with Gasteiger partial charge in [0.2, 0.25) is 5.91 Å². The second kappa shape index (κ2) is 9.86. The lowest BCUT2D eigenvalue weighted by Gasteiger charge is -2.16. The molecule has 158 valence electrons. The average molecular weight is 447 g/mol. The SMILES string of the molecule is COc1ccccc1OC(C)c1nnc(SCC(=O)Nc2ccc(Cl)cc2C)n1C. The highest BCUT2D eigenvalue weighted by molar-refractivity contribution is 7.99. The third-order valence-electron chi connectivity index (χ3n) is 4.40. The van der Waals surface area contributed by atoms with Gasteiger partial charge >= 0.3 is 0 Å². The van der Waals surface area contributed by atoms with Gasteiger partial charge in [0.15, 0.2) is 28.6 Å². The van der Waals surface area contributed by atoms with Crippen LogP contribution in [0.2, 0.25) is 5.02 Å². The molecule has 1 aromatic heterocycles. The molecule has 0 radical (unpaired) electrons. The molecule has 0 spiro atoms. The topological polar surface area (TPSA) is 78.3 Å². The molecule has 0 aliphatic carbocycles. The maximum atomic E-state index is 12.3. The molecule has 1 unspecified atom stereocenters. The van der Waals surface area contributed by atoms with Crippen molar-refractivity contribution in [2.45, 2.75) is 25.1 Å². The number of nitrogens with zero attached hydrogens (tertiary/aromatic N) is 3. The van der Waals surface area contributed by atoms with Crippen molar-refractivity contribution < 1.29 is 14.3 Å². The molecule has 3 rings (SSSR count). The number of aryl methyl sites for hydroxylation is 1. The van der Waals surface area contributed by atoms with Crippen LogP contribution >= 0.6 is 23.4 Å². The summed E-state index contributed by atoms with van der Waals surface area (Å²) in [5.41, 5.74) is 1.64. The number of nitrogens with one attached hydrogen (secondary N) is 1. The predicted octanol–water partition coefficient (Wildman–Crippen LogP) is 4.66. The molecule has 0 bridgehead atoms. The molecule has 30 heavy (non-hydrogen) atoms. The number of hydrogen-bond acceptors (Lipinski definition) is 6. The average Bonchev–Trinajstić information content (AvgIpc) is 3.09. The quantitative estimate of drug-likeness (QED) is 0.507. The molecular formula is C21H23ClN4O3S. The lowest BCUT2D eigenvalue weighted by molar-refractivity contribution is -0.113. The van der Waals surface area contributed by atoms with E-state index >= 15 is 0 Å². The number of hydrogen-bond donors (Lipinski definition) is 1. The van der Waals surface area contributed by atoms with Crippen LogP contribution in [0.25, 0.3) is 0 Å². The third-order valence-corrected chi connectivity index (χ3v) is 5.66. The number of anilines is 1. The van der Waals surface area contributed by atoms with E-state index in [9.17, 15) is 4.79 Å². The first-order chi connectivity index (χ1) is 14.4. The van der Waals surface area contributed by atoms with Crippen molar-refractivity contribution in [2.24, 2.45) is 7.05 Å². The van der Waals surface area contributed by atoms with Crippen LogP contribution in [0.3, 0.4) is 0 Å². The molecule has 0 aliphatic rings. The minimum atomic E-state index is -0.348. The molecule has 0 saturated heterocycles. The van der Waals surface area contributed by atoms with Gasteiger partial charge in [0.05, 0.1) is 12.9 Å². The van der Waals surface area contributed by atoms with Crippen molar-refractivity contribution in [3.63, 3.8) is 0 Å². The molecule has 1 atom stereocenters. The number of amides is 1.